The first-order valence-corrected chi connectivity index (χ1v) is 13.5. The molecule has 0 radical (unpaired) electrons. The summed E-state index contributed by atoms with van der Waals surface area (Å²) in [6.07, 6.45) is 0. The van der Waals surface area contributed by atoms with Crippen molar-refractivity contribution in [3.63, 3.8) is 0 Å². The summed E-state index contributed by atoms with van der Waals surface area (Å²) in [5, 5.41) is 4.98. The van der Waals surface area contributed by atoms with Crippen molar-refractivity contribution in [3.8, 4) is 28.3 Å². The average Bonchev–Trinajstić information content (AvgIpc) is 2.95. The third-order valence-corrected chi connectivity index (χ3v) is 7.06. The van der Waals surface area contributed by atoms with Gasteiger partial charge in [-0.1, -0.05) is 54.6 Å². The van der Waals surface area contributed by atoms with Crippen molar-refractivity contribution in [2.45, 2.75) is 5.51 Å². The third kappa shape index (κ3) is 5.21. The van der Waals surface area contributed by atoms with E-state index in [1.54, 1.807) is 7.11 Å². The molecule has 0 bridgehead atoms. The van der Waals surface area contributed by atoms with Gasteiger partial charge < -0.3 is 9.29 Å². The van der Waals surface area contributed by atoms with Crippen LogP contribution in [-0.2, 0) is 10.1 Å². The first kappa shape index (κ1) is 27.1. The van der Waals surface area contributed by atoms with E-state index in [9.17, 15) is 13.2 Å². The fraction of sp³-hybridized carbons (Fsp3) is 0.0645. The molecule has 0 aliphatic rings. The molecule has 0 unspecified atom stereocenters. The molecule has 0 N–H and O–H groups in total. The number of hydrogen-bond donors (Lipinski definition) is 0. The van der Waals surface area contributed by atoms with Crippen LogP contribution in [0.25, 0.3) is 49.6 Å². The summed E-state index contributed by atoms with van der Waals surface area (Å²) >= 11 is 0. The lowest BCUT2D eigenvalue weighted by Gasteiger charge is -2.10. The van der Waals surface area contributed by atoms with Crippen molar-refractivity contribution in [2.24, 2.45) is 0 Å². The maximum absolute atomic E-state index is 10.7. The van der Waals surface area contributed by atoms with Gasteiger partial charge >= 0.3 is 5.51 Å². The summed E-state index contributed by atoms with van der Waals surface area (Å²) in [4.78, 5) is 0. The lowest BCUT2D eigenvalue weighted by molar-refractivity contribution is -0.485. The van der Waals surface area contributed by atoms with Crippen LogP contribution in [-0.4, -0.2) is 25.6 Å². The first-order chi connectivity index (χ1) is 19.1. The highest BCUT2D eigenvalue weighted by molar-refractivity contribution is 7.86. The minimum Gasteiger partial charge on any atom is -0.741 e. The van der Waals surface area contributed by atoms with Crippen LogP contribution in [0.2, 0.25) is 0 Å². The minimum absolute atomic E-state index is 0.860. The van der Waals surface area contributed by atoms with Gasteiger partial charge in [-0.05, 0) is 58.6 Å². The number of pyridine rings is 2. The van der Waals surface area contributed by atoms with Gasteiger partial charge in [0.2, 0.25) is 16.9 Å². The zero-order valence-corrected chi connectivity index (χ0v) is 21.9. The number of alkyl halides is 3. The van der Waals surface area contributed by atoms with E-state index in [-0.39, 0.29) is 0 Å². The molecule has 0 saturated heterocycles. The number of halogens is 3. The molecule has 202 valence electrons. The van der Waals surface area contributed by atoms with Crippen LogP contribution in [0.15, 0.2) is 115 Å². The molecule has 6 rings (SSSR count). The molecule has 40 heavy (non-hydrogen) atoms. The van der Waals surface area contributed by atoms with Crippen LogP contribution >= 0.6 is 0 Å². The highest BCUT2D eigenvalue weighted by atomic mass is 32.2. The van der Waals surface area contributed by atoms with E-state index in [0.29, 0.717) is 0 Å². The molecule has 2 aromatic heterocycles. The normalized spacial score (nSPS) is 11.8. The van der Waals surface area contributed by atoms with E-state index < -0.39 is 15.6 Å². The number of fused-ring (bicyclic) bond motifs is 4. The van der Waals surface area contributed by atoms with Gasteiger partial charge in [-0.25, -0.2) is 8.42 Å². The highest BCUT2D eigenvalue weighted by Crippen LogP contribution is 2.32. The summed E-state index contributed by atoms with van der Waals surface area (Å²) < 4.78 is 66.7. The Labute approximate surface area is 228 Å². The molecule has 0 aliphatic carbocycles. The van der Waals surface area contributed by atoms with Crippen molar-refractivity contribution in [3.05, 3.63) is 115 Å². The van der Waals surface area contributed by atoms with Crippen molar-refractivity contribution in [1.82, 2.24) is 0 Å². The van der Waals surface area contributed by atoms with Crippen LogP contribution < -0.4 is 9.14 Å². The maximum Gasteiger partial charge on any atom is 0.485 e. The Bertz CT molecular complexity index is 1950. The highest BCUT2D eigenvalue weighted by Gasteiger charge is 2.37. The summed E-state index contributed by atoms with van der Waals surface area (Å²) in [7, 11) is -4.39. The second-order valence-electron chi connectivity index (χ2n) is 8.90. The Kier molecular flexibility index (Phi) is 7.18. The predicted octanol–water partition coefficient (Wildman–Crippen LogP) is 7.13. The molecule has 0 atom stereocenters. The summed E-state index contributed by atoms with van der Waals surface area (Å²) in [6.45, 7) is 0. The average molecular weight is 562 g/mol. The Morgan fingerprint density at radius 1 is 0.700 bits per heavy atom. The van der Waals surface area contributed by atoms with Crippen molar-refractivity contribution < 1.29 is 35.3 Å². The van der Waals surface area contributed by atoms with Crippen molar-refractivity contribution in [2.75, 3.05) is 7.11 Å². The molecule has 0 saturated carbocycles. The maximum atomic E-state index is 10.7. The van der Waals surface area contributed by atoms with Gasteiger partial charge in [0, 0.05) is 23.8 Å². The van der Waals surface area contributed by atoms with E-state index in [1.165, 1.54) is 38.3 Å². The second-order valence-corrected chi connectivity index (χ2v) is 10.3. The van der Waals surface area contributed by atoms with Gasteiger partial charge in [0.05, 0.1) is 18.1 Å². The Morgan fingerprint density at radius 2 is 1.27 bits per heavy atom. The van der Waals surface area contributed by atoms with Crippen LogP contribution in [0.3, 0.4) is 0 Å². The summed E-state index contributed by atoms with van der Waals surface area (Å²) in [5.41, 5.74) is 0.260. The van der Waals surface area contributed by atoms with Gasteiger partial charge in [-0.3, -0.25) is 0 Å². The van der Waals surface area contributed by atoms with Crippen molar-refractivity contribution in [1.29, 1.82) is 0 Å². The number of aromatic nitrogens is 1. The fourth-order valence-corrected chi connectivity index (χ4v) is 4.68. The van der Waals surface area contributed by atoms with Gasteiger partial charge in [0.15, 0.2) is 10.1 Å². The van der Waals surface area contributed by atoms with Crippen LogP contribution in [0.1, 0.15) is 0 Å². The predicted molar refractivity (Wildman–Crippen MR) is 148 cm³/mol. The topological polar surface area (TPSA) is 70.5 Å². The molecule has 0 amide bonds. The third-order valence-electron chi connectivity index (χ3n) is 6.49. The molecule has 0 fully saturated rings. The molecule has 6 aromatic rings. The largest absolute Gasteiger partial charge is 0.741 e. The van der Waals surface area contributed by atoms with E-state index in [2.05, 4.69) is 108 Å². The molecular weight excluding hydrogens is 539 g/mol. The molecular formula is C31H22F3NO4S. The quantitative estimate of drug-likeness (QED) is 0.0998. The SMILES string of the molecule is COc1ccc(-c2cccc3c4ccccc4cc(-c4cccc5ccccc45)[n+]23)cc1.O=S(=O)([O-])C(F)(F)F. The van der Waals surface area contributed by atoms with Crippen LogP contribution in [0, 0.1) is 0 Å². The number of nitrogens with zero attached hydrogens (tertiary/aromatic N) is 1. The van der Waals surface area contributed by atoms with E-state index in [0.717, 1.165) is 17.0 Å². The van der Waals surface area contributed by atoms with Gasteiger partial charge in [0.1, 0.15) is 5.75 Å². The van der Waals surface area contributed by atoms with Gasteiger partial charge in [-0.2, -0.15) is 17.6 Å². The van der Waals surface area contributed by atoms with Crippen LogP contribution in [0.5, 0.6) is 5.75 Å². The molecule has 5 nitrogen and oxygen atoms in total. The number of ether oxygens (including phenoxy) is 1. The number of hydrogen-bond acceptors (Lipinski definition) is 4. The zero-order valence-electron chi connectivity index (χ0n) is 21.1. The fourth-order valence-electron chi connectivity index (χ4n) is 4.68. The van der Waals surface area contributed by atoms with Crippen molar-refractivity contribution >= 4 is 37.2 Å². The van der Waals surface area contributed by atoms with E-state index in [1.807, 2.05) is 12.1 Å². The van der Waals surface area contributed by atoms with E-state index >= 15 is 0 Å². The molecule has 9 heteroatoms. The molecule has 0 aliphatic heterocycles. The number of rotatable bonds is 3. The first-order valence-electron chi connectivity index (χ1n) is 12.1. The lowest BCUT2D eigenvalue weighted by Crippen LogP contribution is -2.28. The van der Waals surface area contributed by atoms with Gasteiger partial charge in [0.25, 0.3) is 0 Å². The van der Waals surface area contributed by atoms with E-state index in [4.69, 9.17) is 17.7 Å². The molecule has 0 spiro atoms. The summed E-state index contributed by atoms with van der Waals surface area (Å²) in [5.74, 6) is 0.860. The van der Waals surface area contributed by atoms with Gasteiger partial charge in [-0.15, -0.1) is 0 Å². The number of benzene rings is 4. The smallest absolute Gasteiger partial charge is 0.485 e. The Morgan fingerprint density at radius 3 is 1.93 bits per heavy atom. The minimum atomic E-state index is -6.09. The lowest BCUT2D eigenvalue weighted by atomic mass is 9.98. The number of methoxy groups -OCH3 is 1. The summed E-state index contributed by atoms with van der Waals surface area (Å²) in [6, 6.07) is 40.9. The molecule has 2 heterocycles. The monoisotopic (exact) mass is 561 g/mol. The van der Waals surface area contributed by atoms with Crippen LogP contribution in [0.4, 0.5) is 13.2 Å². The standard InChI is InChI=1S/C30H22NO.CHF3O3S/c1-32-24-18-16-22(17-19-24)28-14-7-15-29-26-12-5-3-9-23(26)20-30(31(28)29)27-13-6-10-21-8-2-4-11-25(21)27;2-1(3,4)8(5,6)7/h2-20H,1H3;(H,5,6,7)/q+1;/p-1. The molecule has 4 aromatic carbocycles. The second kappa shape index (κ2) is 10.6. The Hall–Kier alpha value is -4.47. The zero-order chi connectivity index (χ0) is 28.5. The Balaban J connectivity index is 0.000000355.